The molecule has 0 aliphatic heterocycles. The molecule has 1 atom stereocenters. The van der Waals surface area contributed by atoms with Gasteiger partial charge in [0.05, 0.1) is 5.41 Å². The van der Waals surface area contributed by atoms with Crippen molar-refractivity contribution in [2.45, 2.75) is 20.3 Å². The van der Waals surface area contributed by atoms with Crippen molar-refractivity contribution in [3.8, 4) is 0 Å². The highest BCUT2D eigenvalue weighted by atomic mass is 16.4. The molecule has 0 fully saturated rings. The third-order valence-electron chi connectivity index (χ3n) is 3.26. The number of nitrogens with one attached hydrogen (secondary N) is 1. The Hall–Kier alpha value is -2.12. The quantitative estimate of drug-likeness (QED) is 0.739. The molecule has 8 nitrogen and oxygen atoms in total. The fourth-order valence-corrected chi connectivity index (χ4v) is 1.44. The van der Waals surface area contributed by atoms with Gasteiger partial charge in [0.25, 0.3) is 5.56 Å². The largest absolute Gasteiger partial charge is 0.481 e. The molecule has 0 spiro atoms. The summed E-state index contributed by atoms with van der Waals surface area (Å²) in [5, 5.41) is 15.6. The van der Waals surface area contributed by atoms with E-state index in [1.807, 2.05) is 0 Å². The maximum atomic E-state index is 11.8. The monoisotopic (exact) mass is 270 g/mol. The molecular formula is C11H18N4O4. The summed E-state index contributed by atoms with van der Waals surface area (Å²) >= 11 is 0. The van der Waals surface area contributed by atoms with E-state index in [0.717, 1.165) is 9.25 Å². The molecule has 0 amide bonds. The van der Waals surface area contributed by atoms with Gasteiger partial charge in [-0.3, -0.25) is 14.2 Å². The minimum Gasteiger partial charge on any atom is -0.481 e. The Kier molecular flexibility index (Phi) is 4.13. The first-order chi connectivity index (χ1) is 8.73. The summed E-state index contributed by atoms with van der Waals surface area (Å²) < 4.78 is 1.94. The summed E-state index contributed by atoms with van der Waals surface area (Å²) in [5.74, 6) is -0.991. The number of aliphatic carboxylic acids is 1. The van der Waals surface area contributed by atoms with E-state index >= 15 is 0 Å². The van der Waals surface area contributed by atoms with Crippen molar-refractivity contribution in [3.63, 3.8) is 0 Å². The fourth-order valence-electron chi connectivity index (χ4n) is 1.44. The molecule has 19 heavy (non-hydrogen) atoms. The van der Waals surface area contributed by atoms with E-state index in [9.17, 15) is 14.4 Å². The SMILES string of the molecule is CCC(C)(CNc1nn(C)c(=O)n(C)c1=O)C(=O)O. The molecule has 106 valence electrons. The normalized spacial score (nSPS) is 13.9. The fraction of sp³-hybridized carbons (Fsp3) is 0.636. The van der Waals surface area contributed by atoms with Gasteiger partial charge in [-0.1, -0.05) is 6.92 Å². The number of hydrogen-bond acceptors (Lipinski definition) is 5. The zero-order valence-electron chi connectivity index (χ0n) is 11.4. The van der Waals surface area contributed by atoms with Gasteiger partial charge < -0.3 is 10.4 Å². The molecule has 0 aliphatic rings. The van der Waals surface area contributed by atoms with Crippen LogP contribution in [0.2, 0.25) is 0 Å². The third kappa shape index (κ3) is 2.83. The summed E-state index contributed by atoms with van der Waals surface area (Å²) in [7, 11) is 2.76. The lowest BCUT2D eigenvalue weighted by atomic mass is 9.88. The van der Waals surface area contributed by atoms with Gasteiger partial charge in [0.15, 0.2) is 0 Å². The number of rotatable bonds is 5. The second-order valence-electron chi connectivity index (χ2n) is 4.69. The van der Waals surface area contributed by atoms with E-state index in [1.165, 1.54) is 14.1 Å². The van der Waals surface area contributed by atoms with Gasteiger partial charge in [-0.15, -0.1) is 5.10 Å². The zero-order valence-corrected chi connectivity index (χ0v) is 11.4. The maximum absolute atomic E-state index is 11.8. The number of carboxylic acid groups (broad SMARTS) is 1. The molecule has 0 saturated carbocycles. The molecule has 0 saturated heterocycles. The van der Waals surface area contributed by atoms with Crippen molar-refractivity contribution in [2.24, 2.45) is 19.5 Å². The first kappa shape index (κ1) is 14.9. The highest BCUT2D eigenvalue weighted by Gasteiger charge is 2.31. The number of nitrogens with zero attached hydrogens (tertiary/aromatic N) is 3. The minimum absolute atomic E-state index is 0.0366. The second kappa shape index (κ2) is 5.25. The van der Waals surface area contributed by atoms with Gasteiger partial charge in [-0.25, -0.2) is 9.48 Å². The Balaban J connectivity index is 3.06. The predicted molar refractivity (Wildman–Crippen MR) is 69.2 cm³/mol. The van der Waals surface area contributed by atoms with Crippen LogP contribution in [0.3, 0.4) is 0 Å². The Labute approximate surface area is 109 Å². The van der Waals surface area contributed by atoms with Gasteiger partial charge in [-0.2, -0.15) is 0 Å². The molecule has 0 aromatic carbocycles. The molecule has 0 aliphatic carbocycles. The summed E-state index contributed by atoms with van der Waals surface area (Å²) in [6.07, 6.45) is 0.404. The number of aryl methyl sites for hydroxylation is 1. The van der Waals surface area contributed by atoms with Crippen LogP contribution in [0.1, 0.15) is 20.3 Å². The molecule has 0 bridgehead atoms. The number of carboxylic acids is 1. The summed E-state index contributed by atoms with van der Waals surface area (Å²) in [6.45, 7) is 3.39. The number of hydrogen-bond donors (Lipinski definition) is 2. The van der Waals surface area contributed by atoms with Crippen molar-refractivity contribution in [1.29, 1.82) is 0 Å². The lowest BCUT2D eigenvalue weighted by Crippen LogP contribution is -2.42. The number of aromatic nitrogens is 3. The molecule has 2 N–H and O–H groups in total. The Morgan fingerprint density at radius 3 is 2.47 bits per heavy atom. The Morgan fingerprint density at radius 1 is 1.42 bits per heavy atom. The molecule has 1 unspecified atom stereocenters. The van der Waals surface area contributed by atoms with Crippen LogP contribution in [0.25, 0.3) is 0 Å². The lowest BCUT2D eigenvalue weighted by Gasteiger charge is -2.23. The minimum atomic E-state index is -0.999. The van der Waals surface area contributed by atoms with Crippen LogP contribution in [-0.2, 0) is 18.9 Å². The van der Waals surface area contributed by atoms with E-state index in [0.29, 0.717) is 6.42 Å². The van der Waals surface area contributed by atoms with Crippen LogP contribution in [0.4, 0.5) is 5.82 Å². The lowest BCUT2D eigenvalue weighted by molar-refractivity contribution is -0.147. The highest BCUT2D eigenvalue weighted by molar-refractivity contribution is 5.74. The van der Waals surface area contributed by atoms with Gasteiger partial charge >= 0.3 is 11.7 Å². The molecule has 0 radical (unpaired) electrons. The van der Waals surface area contributed by atoms with E-state index in [4.69, 9.17) is 5.11 Å². The van der Waals surface area contributed by atoms with Gasteiger partial charge in [0.2, 0.25) is 5.82 Å². The predicted octanol–water partition coefficient (Wildman–Crippen LogP) is -0.608. The highest BCUT2D eigenvalue weighted by Crippen LogP contribution is 2.21. The molecule has 1 aromatic heterocycles. The van der Waals surface area contributed by atoms with E-state index in [1.54, 1.807) is 13.8 Å². The van der Waals surface area contributed by atoms with Crippen LogP contribution >= 0.6 is 0 Å². The van der Waals surface area contributed by atoms with E-state index in [2.05, 4.69) is 10.4 Å². The molecule has 8 heteroatoms. The van der Waals surface area contributed by atoms with Gasteiger partial charge in [0, 0.05) is 20.6 Å². The molecule has 1 aromatic rings. The third-order valence-corrected chi connectivity index (χ3v) is 3.26. The standard InChI is InChI=1S/C11H18N4O4/c1-5-11(2,9(17)18)6-12-7-8(16)14(3)10(19)15(4)13-7/h5-6H2,1-4H3,(H,12,13)(H,17,18). The van der Waals surface area contributed by atoms with Crippen LogP contribution in [0.15, 0.2) is 9.59 Å². The van der Waals surface area contributed by atoms with E-state index in [-0.39, 0.29) is 12.4 Å². The summed E-state index contributed by atoms with van der Waals surface area (Å²) in [5.41, 5.74) is -2.11. The van der Waals surface area contributed by atoms with Crippen molar-refractivity contribution in [1.82, 2.24) is 14.3 Å². The van der Waals surface area contributed by atoms with Crippen molar-refractivity contribution in [3.05, 3.63) is 20.8 Å². The van der Waals surface area contributed by atoms with Gasteiger partial charge in [-0.05, 0) is 13.3 Å². The van der Waals surface area contributed by atoms with Crippen LogP contribution in [-0.4, -0.2) is 32.0 Å². The number of anilines is 1. The van der Waals surface area contributed by atoms with Crippen LogP contribution < -0.4 is 16.6 Å². The van der Waals surface area contributed by atoms with E-state index < -0.39 is 22.6 Å². The average Bonchev–Trinajstić information content (AvgIpc) is 2.38. The maximum Gasteiger partial charge on any atom is 0.346 e. The average molecular weight is 270 g/mol. The second-order valence-corrected chi connectivity index (χ2v) is 4.69. The first-order valence-corrected chi connectivity index (χ1v) is 5.84. The van der Waals surface area contributed by atoms with Crippen molar-refractivity contribution >= 4 is 11.8 Å². The van der Waals surface area contributed by atoms with Gasteiger partial charge in [0.1, 0.15) is 0 Å². The first-order valence-electron chi connectivity index (χ1n) is 5.84. The molecule has 1 heterocycles. The smallest absolute Gasteiger partial charge is 0.346 e. The number of carbonyl (C=O) groups is 1. The van der Waals surface area contributed by atoms with Crippen LogP contribution in [0, 0.1) is 5.41 Å². The van der Waals surface area contributed by atoms with Crippen molar-refractivity contribution < 1.29 is 9.90 Å². The zero-order chi connectivity index (χ0) is 14.8. The Morgan fingerprint density at radius 2 is 2.00 bits per heavy atom. The van der Waals surface area contributed by atoms with Crippen LogP contribution in [0.5, 0.6) is 0 Å². The van der Waals surface area contributed by atoms with Crippen molar-refractivity contribution in [2.75, 3.05) is 11.9 Å². The topological polar surface area (TPSA) is 106 Å². The molecule has 1 rings (SSSR count). The Bertz CT molecular complexity index is 604. The summed E-state index contributed by atoms with van der Waals surface area (Å²) in [6, 6.07) is 0. The molecular weight excluding hydrogens is 252 g/mol. The summed E-state index contributed by atoms with van der Waals surface area (Å²) in [4.78, 5) is 34.4.